The van der Waals surface area contributed by atoms with Gasteiger partial charge in [0.15, 0.2) is 0 Å². The van der Waals surface area contributed by atoms with Crippen molar-refractivity contribution >= 4 is 0 Å². The molecule has 2 saturated heterocycles. The van der Waals surface area contributed by atoms with Gasteiger partial charge in [0.25, 0.3) is 0 Å². The van der Waals surface area contributed by atoms with Crippen molar-refractivity contribution in [2.75, 3.05) is 19.6 Å². The molecule has 2 heteroatoms. The van der Waals surface area contributed by atoms with Crippen molar-refractivity contribution in [2.24, 2.45) is 10.8 Å². The molecule has 0 spiro atoms. The third kappa shape index (κ3) is 1.72. The van der Waals surface area contributed by atoms with Gasteiger partial charge in [-0.25, -0.2) is 0 Å². The quantitative estimate of drug-likeness (QED) is 0.713. The molecule has 1 N–H and O–H groups in total. The highest BCUT2D eigenvalue weighted by atomic mass is 15.2. The van der Waals surface area contributed by atoms with Crippen LogP contribution in [0.2, 0.25) is 0 Å². The lowest BCUT2D eigenvalue weighted by Gasteiger charge is -2.47. The second kappa shape index (κ2) is 3.46. The minimum absolute atomic E-state index is 0.476. The summed E-state index contributed by atoms with van der Waals surface area (Å²) in [5.74, 6) is 0. The number of nitrogens with zero attached hydrogens (tertiary/aromatic N) is 1. The largest absolute Gasteiger partial charge is 0.314 e. The maximum Gasteiger partial charge on any atom is 0.00562 e. The zero-order valence-electron chi connectivity index (χ0n) is 10.9. The fourth-order valence-corrected chi connectivity index (χ4v) is 3.43. The average molecular weight is 210 g/mol. The molecular formula is C13H26N2. The van der Waals surface area contributed by atoms with Gasteiger partial charge >= 0.3 is 0 Å². The van der Waals surface area contributed by atoms with Crippen molar-refractivity contribution < 1.29 is 0 Å². The Bertz CT molecular complexity index is 251. The van der Waals surface area contributed by atoms with E-state index in [4.69, 9.17) is 0 Å². The highest BCUT2D eigenvalue weighted by Gasteiger charge is 2.54. The zero-order valence-corrected chi connectivity index (χ0v) is 10.9. The minimum Gasteiger partial charge on any atom is -0.314 e. The summed E-state index contributed by atoms with van der Waals surface area (Å²) in [6.45, 7) is 15.7. The predicted molar refractivity (Wildman–Crippen MR) is 65.0 cm³/mol. The molecule has 0 aliphatic carbocycles. The third-order valence-corrected chi connectivity index (χ3v) is 4.89. The van der Waals surface area contributed by atoms with Crippen LogP contribution in [0.1, 0.15) is 41.0 Å². The number of hydrogen-bond acceptors (Lipinski definition) is 2. The van der Waals surface area contributed by atoms with E-state index in [2.05, 4.69) is 44.8 Å². The van der Waals surface area contributed by atoms with Crippen LogP contribution in [0.15, 0.2) is 0 Å². The van der Waals surface area contributed by atoms with Crippen LogP contribution in [-0.2, 0) is 0 Å². The Balaban J connectivity index is 2.20. The predicted octanol–water partition coefficient (Wildman–Crippen LogP) is 2.10. The van der Waals surface area contributed by atoms with Gasteiger partial charge < -0.3 is 5.32 Å². The van der Waals surface area contributed by atoms with Crippen molar-refractivity contribution in [1.82, 2.24) is 10.2 Å². The fraction of sp³-hybridized carbons (Fsp3) is 1.00. The van der Waals surface area contributed by atoms with E-state index < -0.39 is 0 Å². The summed E-state index contributed by atoms with van der Waals surface area (Å²) in [6, 6.07) is 1.38. The zero-order chi connectivity index (χ0) is 11.3. The normalized spacial score (nSPS) is 47.2. The molecule has 0 bridgehead atoms. The van der Waals surface area contributed by atoms with Crippen molar-refractivity contribution in [1.29, 1.82) is 0 Å². The molecule has 2 aliphatic heterocycles. The van der Waals surface area contributed by atoms with Crippen molar-refractivity contribution in [3.8, 4) is 0 Å². The number of piperidine rings is 1. The van der Waals surface area contributed by atoms with Crippen LogP contribution in [0.3, 0.4) is 0 Å². The molecule has 3 atom stereocenters. The van der Waals surface area contributed by atoms with Crippen molar-refractivity contribution in [3.05, 3.63) is 0 Å². The van der Waals surface area contributed by atoms with E-state index in [1.54, 1.807) is 0 Å². The molecule has 0 aromatic rings. The van der Waals surface area contributed by atoms with E-state index in [9.17, 15) is 0 Å². The monoisotopic (exact) mass is 210 g/mol. The van der Waals surface area contributed by atoms with E-state index in [0.717, 1.165) is 0 Å². The third-order valence-electron chi connectivity index (χ3n) is 4.89. The number of fused-ring (bicyclic) bond motifs is 1. The summed E-state index contributed by atoms with van der Waals surface area (Å²) >= 11 is 0. The number of hydrogen-bond donors (Lipinski definition) is 1. The molecular weight excluding hydrogens is 184 g/mol. The van der Waals surface area contributed by atoms with Gasteiger partial charge in [0.2, 0.25) is 0 Å². The van der Waals surface area contributed by atoms with Gasteiger partial charge in [-0.15, -0.1) is 0 Å². The first-order valence-corrected chi connectivity index (χ1v) is 6.34. The van der Waals surface area contributed by atoms with Crippen LogP contribution < -0.4 is 5.32 Å². The molecule has 88 valence electrons. The second-order valence-corrected chi connectivity index (χ2v) is 6.61. The van der Waals surface area contributed by atoms with Crippen LogP contribution in [0.5, 0.6) is 0 Å². The smallest absolute Gasteiger partial charge is 0.00562 e. The molecule has 15 heavy (non-hydrogen) atoms. The lowest BCUT2D eigenvalue weighted by Crippen LogP contribution is -2.53. The summed E-state index contributed by atoms with van der Waals surface area (Å²) in [6.07, 6.45) is 1.33. The SMILES string of the molecule is CC1C[C@@]2(C)CN(C(C)C)C[C@@]2(C)CN1. The number of likely N-dealkylation sites (tertiary alicyclic amines) is 1. The summed E-state index contributed by atoms with van der Waals surface area (Å²) in [7, 11) is 0. The van der Waals surface area contributed by atoms with Crippen LogP contribution in [0.25, 0.3) is 0 Å². The number of rotatable bonds is 1. The highest BCUT2D eigenvalue weighted by Crippen LogP contribution is 2.51. The Morgan fingerprint density at radius 3 is 2.40 bits per heavy atom. The lowest BCUT2D eigenvalue weighted by atomic mass is 9.63. The van der Waals surface area contributed by atoms with Gasteiger partial charge in [0, 0.05) is 31.7 Å². The fourth-order valence-electron chi connectivity index (χ4n) is 3.43. The molecule has 2 aliphatic rings. The molecule has 2 heterocycles. The molecule has 0 saturated carbocycles. The van der Waals surface area contributed by atoms with Gasteiger partial charge in [-0.1, -0.05) is 13.8 Å². The second-order valence-electron chi connectivity index (χ2n) is 6.61. The molecule has 2 nitrogen and oxygen atoms in total. The Hall–Kier alpha value is -0.0800. The minimum atomic E-state index is 0.476. The van der Waals surface area contributed by atoms with E-state index in [-0.39, 0.29) is 0 Å². The van der Waals surface area contributed by atoms with Crippen LogP contribution in [0.4, 0.5) is 0 Å². The average Bonchev–Trinajstić information content (AvgIpc) is 2.38. The van der Waals surface area contributed by atoms with Gasteiger partial charge in [-0.3, -0.25) is 4.90 Å². The van der Waals surface area contributed by atoms with E-state index >= 15 is 0 Å². The summed E-state index contributed by atoms with van der Waals surface area (Å²) in [5, 5.41) is 3.65. The van der Waals surface area contributed by atoms with E-state index in [1.165, 1.54) is 26.1 Å². The molecule has 0 aromatic carbocycles. The van der Waals surface area contributed by atoms with Crippen LogP contribution >= 0.6 is 0 Å². The Morgan fingerprint density at radius 2 is 1.80 bits per heavy atom. The highest BCUT2D eigenvalue weighted by molar-refractivity contribution is 5.07. The van der Waals surface area contributed by atoms with Gasteiger partial charge in [-0.2, -0.15) is 0 Å². The first-order chi connectivity index (χ1) is 6.86. The van der Waals surface area contributed by atoms with Crippen molar-refractivity contribution in [3.63, 3.8) is 0 Å². The molecule has 0 radical (unpaired) electrons. The molecule has 2 fully saturated rings. The van der Waals surface area contributed by atoms with E-state index in [0.29, 0.717) is 22.9 Å². The molecule has 0 aromatic heterocycles. The lowest BCUT2D eigenvalue weighted by molar-refractivity contribution is 0.0669. The van der Waals surface area contributed by atoms with E-state index in [1.807, 2.05) is 0 Å². The van der Waals surface area contributed by atoms with Gasteiger partial charge in [0.05, 0.1) is 0 Å². The molecule has 2 rings (SSSR count). The maximum atomic E-state index is 3.65. The number of nitrogens with one attached hydrogen (secondary N) is 1. The van der Waals surface area contributed by atoms with Crippen LogP contribution in [-0.4, -0.2) is 36.6 Å². The Kier molecular flexibility index (Phi) is 2.63. The standard InChI is InChI=1S/C13H26N2/c1-10(2)15-8-12(4)6-11(3)14-7-13(12,5)9-15/h10-11,14H,6-9H2,1-5H3/t11?,12-,13+/m0/s1. The topological polar surface area (TPSA) is 15.3 Å². The van der Waals surface area contributed by atoms with Gasteiger partial charge in [0.1, 0.15) is 0 Å². The summed E-state index contributed by atoms with van der Waals surface area (Å²) < 4.78 is 0. The van der Waals surface area contributed by atoms with Gasteiger partial charge in [-0.05, 0) is 38.0 Å². The Morgan fingerprint density at radius 1 is 1.20 bits per heavy atom. The first-order valence-electron chi connectivity index (χ1n) is 6.34. The molecule has 0 amide bonds. The maximum absolute atomic E-state index is 3.65. The molecule has 1 unspecified atom stereocenters. The van der Waals surface area contributed by atoms with Crippen LogP contribution in [0, 0.1) is 10.8 Å². The first kappa shape index (κ1) is 11.4. The van der Waals surface area contributed by atoms with Crippen molar-refractivity contribution in [2.45, 2.75) is 53.1 Å². The summed E-state index contributed by atoms with van der Waals surface area (Å²) in [4.78, 5) is 2.65. The summed E-state index contributed by atoms with van der Waals surface area (Å²) in [5.41, 5.74) is 0.992. The Labute approximate surface area is 94.4 Å².